The molecule has 2 aromatic rings. The van der Waals surface area contributed by atoms with E-state index >= 15 is 0 Å². The SMILES string of the molecule is Brc1ccc2c(c1)CCc1ccc(Br)cc1O2. The van der Waals surface area contributed by atoms with Gasteiger partial charge in [-0.25, -0.2) is 0 Å². The van der Waals surface area contributed by atoms with Gasteiger partial charge in [0.15, 0.2) is 0 Å². The molecule has 0 aromatic heterocycles. The van der Waals surface area contributed by atoms with Crippen molar-refractivity contribution < 1.29 is 4.74 Å². The third-order valence-electron chi connectivity index (χ3n) is 2.94. The van der Waals surface area contributed by atoms with Crippen molar-refractivity contribution >= 4 is 31.9 Å². The molecule has 0 fully saturated rings. The molecule has 0 atom stereocenters. The fourth-order valence-electron chi connectivity index (χ4n) is 2.06. The van der Waals surface area contributed by atoms with Gasteiger partial charge in [-0.3, -0.25) is 0 Å². The Morgan fingerprint density at radius 1 is 0.765 bits per heavy atom. The van der Waals surface area contributed by atoms with E-state index < -0.39 is 0 Å². The summed E-state index contributed by atoms with van der Waals surface area (Å²) in [6, 6.07) is 12.4. The zero-order valence-electron chi connectivity index (χ0n) is 9.04. The summed E-state index contributed by atoms with van der Waals surface area (Å²) in [5.41, 5.74) is 2.52. The van der Waals surface area contributed by atoms with E-state index in [4.69, 9.17) is 4.74 Å². The van der Waals surface area contributed by atoms with Gasteiger partial charge in [0, 0.05) is 8.95 Å². The third kappa shape index (κ3) is 2.26. The van der Waals surface area contributed by atoms with Crippen molar-refractivity contribution in [1.29, 1.82) is 0 Å². The molecule has 2 aromatic carbocycles. The Morgan fingerprint density at radius 3 is 2.35 bits per heavy atom. The van der Waals surface area contributed by atoms with Gasteiger partial charge < -0.3 is 4.74 Å². The smallest absolute Gasteiger partial charge is 0.131 e. The van der Waals surface area contributed by atoms with Crippen LogP contribution in [0.1, 0.15) is 11.1 Å². The lowest BCUT2D eigenvalue weighted by atomic mass is 10.0. The summed E-state index contributed by atoms with van der Waals surface area (Å²) < 4.78 is 8.14. The Labute approximate surface area is 117 Å². The first-order valence-corrected chi connectivity index (χ1v) is 7.06. The highest BCUT2D eigenvalue weighted by Crippen LogP contribution is 2.36. The van der Waals surface area contributed by atoms with Crippen LogP contribution in [0.4, 0.5) is 0 Å². The van der Waals surface area contributed by atoms with Crippen molar-refractivity contribution in [2.75, 3.05) is 0 Å². The predicted octanol–water partition coefficient (Wildman–Crippen LogP) is 5.10. The molecule has 0 saturated carbocycles. The first-order valence-electron chi connectivity index (χ1n) is 5.47. The summed E-state index contributed by atoms with van der Waals surface area (Å²) in [6.07, 6.45) is 2.04. The lowest BCUT2D eigenvalue weighted by Gasteiger charge is -2.09. The van der Waals surface area contributed by atoms with E-state index in [2.05, 4.69) is 50.1 Å². The molecule has 1 aliphatic heterocycles. The summed E-state index contributed by atoms with van der Waals surface area (Å²) in [5, 5.41) is 0. The van der Waals surface area contributed by atoms with Gasteiger partial charge in [-0.1, -0.05) is 37.9 Å². The maximum atomic E-state index is 5.99. The molecule has 0 spiro atoms. The Kier molecular flexibility index (Phi) is 2.97. The topological polar surface area (TPSA) is 9.23 Å². The van der Waals surface area contributed by atoms with Crippen LogP contribution in [0.15, 0.2) is 45.3 Å². The molecule has 1 heterocycles. The van der Waals surface area contributed by atoms with Crippen molar-refractivity contribution in [1.82, 2.24) is 0 Å². The quantitative estimate of drug-likeness (QED) is 0.640. The minimum absolute atomic E-state index is 0.959. The normalized spacial score (nSPS) is 13.3. The second-order valence-corrected chi connectivity index (χ2v) is 5.94. The van der Waals surface area contributed by atoms with Gasteiger partial charge in [0.2, 0.25) is 0 Å². The standard InChI is InChI=1S/C14H10Br2O/c15-11-5-6-13-10(7-11)2-1-9-3-4-12(16)8-14(9)17-13/h3-8H,1-2H2. The zero-order chi connectivity index (χ0) is 11.8. The molecule has 3 heteroatoms. The predicted molar refractivity (Wildman–Crippen MR) is 75.8 cm³/mol. The molecule has 0 N–H and O–H groups in total. The van der Waals surface area contributed by atoms with E-state index in [0.717, 1.165) is 33.3 Å². The van der Waals surface area contributed by atoms with Crippen LogP contribution in [-0.2, 0) is 12.8 Å². The second-order valence-electron chi connectivity index (χ2n) is 4.11. The highest BCUT2D eigenvalue weighted by Gasteiger charge is 2.14. The molecule has 0 amide bonds. The molecule has 0 saturated heterocycles. The van der Waals surface area contributed by atoms with Crippen LogP contribution in [0.3, 0.4) is 0 Å². The summed E-state index contributed by atoms with van der Waals surface area (Å²) in [4.78, 5) is 0. The monoisotopic (exact) mass is 352 g/mol. The maximum Gasteiger partial charge on any atom is 0.131 e. The van der Waals surface area contributed by atoms with Gasteiger partial charge in [0.05, 0.1) is 0 Å². The summed E-state index contributed by atoms with van der Waals surface area (Å²) >= 11 is 6.98. The van der Waals surface area contributed by atoms with Gasteiger partial charge in [0.25, 0.3) is 0 Å². The molecule has 0 unspecified atom stereocenters. The number of ether oxygens (including phenoxy) is 1. The fourth-order valence-corrected chi connectivity index (χ4v) is 2.81. The molecular formula is C14H10Br2O. The van der Waals surface area contributed by atoms with Crippen LogP contribution in [-0.4, -0.2) is 0 Å². The zero-order valence-corrected chi connectivity index (χ0v) is 12.2. The Hall–Kier alpha value is -0.800. The lowest BCUT2D eigenvalue weighted by Crippen LogP contribution is -1.88. The van der Waals surface area contributed by atoms with Crippen LogP contribution in [0.2, 0.25) is 0 Å². The van der Waals surface area contributed by atoms with Crippen molar-refractivity contribution in [3.8, 4) is 11.5 Å². The largest absolute Gasteiger partial charge is 0.457 e. The number of aryl methyl sites for hydroxylation is 2. The lowest BCUT2D eigenvalue weighted by molar-refractivity contribution is 0.478. The number of halogens is 2. The van der Waals surface area contributed by atoms with Crippen molar-refractivity contribution in [2.24, 2.45) is 0 Å². The van der Waals surface area contributed by atoms with Crippen molar-refractivity contribution in [3.63, 3.8) is 0 Å². The Bertz CT molecular complexity index is 578. The number of fused-ring (bicyclic) bond motifs is 2. The molecular weight excluding hydrogens is 344 g/mol. The average Bonchev–Trinajstić information content (AvgIpc) is 2.47. The third-order valence-corrected chi connectivity index (χ3v) is 3.92. The van der Waals surface area contributed by atoms with Crippen LogP contribution < -0.4 is 4.74 Å². The minimum atomic E-state index is 0.959. The molecule has 3 rings (SSSR count). The number of benzene rings is 2. The first-order chi connectivity index (χ1) is 8.22. The van der Waals surface area contributed by atoms with Gasteiger partial charge in [-0.2, -0.15) is 0 Å². The summed E-state index contributed by atoms with van der Waals surface area (Å²) in [7, 11) is 0. The molecule has 1 aliphatic rings. The number of rotatable bonds is 0. The van der Waals surface area contributed by atoms with Crippen molar-refractivity contribution in [2.45, 2.75) is 12.8 Å². The van der Waals surface area contributed by atoms with Gasteiger partial charge in [-0.05, 0) is 54.3 Å². The fraction of sp³-hybridized carbons (Fsp3) is 0.143. The van der Waals surface area contributed by atoms with E-state index in [1.54, 1.807) is 0 Å². The molecule has 0 aliphatic carbocycles. The molecule has 0 bridgehead atoms. The van der Waals surface area contributed by atoms with E-state index in [9.17, 15) is 0 Å². The van der Waals surface area contributed by atoms with E-state index in [-0.39, 0.29) is 0 Å². The second kappa shape index (κ2) is 4.46. The minimum Gasteiger partial charge on any atom is -0.457 e. The summed E-state index contributed by atoms with van der Waals surface area (Å²) in [5.74, 6) is 1.92. The van der Waals surface area contributed by atoms with E-state index in [1.807, 2.05) is 18.2 Å². The van der Waals surface area contributed by atoms with E-state index in [0.29, 0.717) is 0 Å². The average molecular weight is 354 g/mol. The molecule has 17 heavy (non-hydrogen) atoms. The van der Waals surface area contributed by atoms with Gasteiger partial charge in [0.1, 0.15) is 11.5 Å². The highest BCUT2D eigenvalue weighted by atomic mass is 79.9. The van der Waals surface area contributed by atoms with Crippen LogP contribution >= 0.6 is 31.9 Å². The van der Waals surface area contributed by atoms with Gasteiger partial charge in [-0.15, -0.1) is 0 Å². The Balaban J connectivity index is 2.08. The molecule has 86 valence electrons. The number of hydrogen-bond donors (Lipinski definition) is 0. The molecule has 1 nitrogen and oxygen atoms in total. The van der Waals surface area contributed by atoms with Crippen LogP contribution in [0.5, 0.6) is 11.5 Å². The maximum absolute atomic E-state index is 5.99. The number of hydrogen-bond acceptors (Lipinski definition) is 1. The molecule has 0 radical (unpaired) electrons. The first kappa shape index (κ1) is 11.3. The van der Waals surface area contributed by atoms with Gasteiger partial charge >= 0.3 is 0 Å². The van der Waals surface area contributed by atoms with E-state index in [1.165, 1.54) is 11.1 Å². The van der Waals surface area contributed by atoms with Crippen LogP contribution in [0.25, 0.3) is 0 Å². The highest BCUT2D eigenvalue weighted by molar-refractivity contribution is 9.10. The summed E-state index contributed by atoms with van der Waals surface area (Å²) in [6.45, 7) is 0. The van der Waals surface area contributed by atoms with Crippen molar-refractivity contribution in [3.05, 3.63) is 56.5 Å². The van der Waals surface area contributed by atoms with Crippen LogP contribution in [0, 0.1) is 0 Å². The Morgan fingerprint density at radius 2 is 1.47 bits per heavy atom.